The Morgan fingerprint density at radius 3 is 2.57 bits per heavy atom. The highest BCUT2D eigenvalue weighted by Crippen LogP contribution is 2.35. The second-order valence-corrected chi connectivity index (χ2v) is 8.19. The zero-order valence-electron chi connectivity index (χ0n) is 16.3. The Morgan fingerprint density at radius 1 is 1.20 bits per heavy atom. The molecule has 1 fully saturated rings. The molecule has 0 unspecified atom stereocenters. The van der Waals surface area contributed by atoms with Crippen molar-refractivity contribution < 1.29 is 9.72 Å². The smallest absolute Gasteiger partial charge is 0.270 e. The molecule has 154 valence electrons. The van der Waals surface area contributed by atoms with Crippen LogP contribution in [0.2, 0.25) is 0 Å². The number of non-ortho nitro benzene ring substituents is 1. The van der Waals surface area contributed by atoms with Gasteiger partial charge in [-0.1, -0.05) is 25.0 Å². The first-order valence-electron chi connectivity index (χ1n) is 9.61. The van der Waals surface area contributed by atoms with E-state index in [1.807, 2.05) is 24.3 Å². The maximum Gasteiger partial charge on any atom is 0.270 e. The number of tetrazole rings is 1. The third-order valence-electron chi connectivity index (χ3n) is 5.20. The fraction of sp³-hybridized carbons (Fsp3) is 0.300. The second-order valence-electron chi connectivity index (χ2n) is 7.18. The quantitative estimate of drug-likeness (QED) is 0.466. The minimum absolute atomic E-state index is 0.155. The normalized spacial score (nSPS) is 14.0. The summed E-state index contributed by atoms with van der Waals surface area (Å²) in [5, 5.41) is 25.8. The van der Waals surface area contributed by atoms with Crippen LogP contribution in [0.15, 0.2) is 52.5 Å². The molecule has 0 spiro atoms. The van der Waals surface area contributed by atoms with Crippen molar-refractivity contribution in [3.63, 3.8) is 0 Å². The van der Waals surface area contributed by atoms with Crippen molar-refractivity contribution in [2.75, 3.05) is 5.32 Å². The fourth-order valence-electron chi connectivity index (χ4n) is 3.60. The monoisotopic (exact) mass is 424 g/mol. The van der Waals surface area contributed by atoms with Crippen LogP contribution in [0.25, 0.3) is 0 Å². The van der Waals surface area contributed by atoms with Crippen molar-refractivity contribution in [2.45, 2.75) is 41.7 Å². The van der Waals surface area contributed by atoms with E-state index < -0.39 is 10.8 Å². The minimum atomic E-state index is -0.522. The topological polar surface area (TPSA) is 116 Å². The number of aromatic nitrogens is 4. The average Bonchev–Trinajstić information content (AvgIpc) is 3.41. The molecule has 1 N–H and O–H groups in total. The van der Waals surface area contributed by atoms with Crippen LogP contribution >= 0.6 is 11.8 Å². The number of aryl methyl sites for hydroxylation is 1. The lowest BCUT2D eigenvalue weighted by atomic mass is 9.97. The Labute approximate surface area is 177 Å². The molecule has 1 saturated carbocycles. The number of hydrogen-bond donors (Lipinski definition) is 1. The lowest BCUT2D eigenvalue weighted by Crippen LogP contribution is -2.13. The molecule has 1 heterocycles. The highest BCUT2D eigenvalue weighted by atomic mass is 32.2. The van der Waals surface area contributed by atoms with Gasteiger partial charge in [-0.05, 0) is 64.7 Å². The zero-order chi connectivity index (χ0) is 21.1. The van der Waals surface area contributed by atoms with Crippen molar-refractivity contribution in [1.29, 1.82) is 0 Å². The maximum absolute atomic E-state index is 13.0. The highest BCUT2D eigenvalue weighted by Gasteiger charge is 2.20. The Bertz CT molecular complexity index is 1080. The third-order valence-corrected chi connectivity index (χ3v) is 6.30. The van der Waals surface area contributed by atoms with E-state index in [-0.39, 0.29) is 11.3 Å². The molecule has 9 nitrogen and oxygen atoms in total. The summed E-state index contributed by atoms with van der Waals surface area (Å²) < 4.78 is 1.47. The van der Waals surface area contributed by atoms with Crippen LogP contribution in [0.4, 0.5) is 11.4 Å². The summed E-state index contributed by atoms with van der Waals surface area (Å²) >= 11 is 1.17. The van der Waals surface area contributed by atoms with Gasteiger partial charge in [0.25, 0.3) is 11.6 Å². The molecular formula is C20H20N6O3S. The van der Waals surface area contributed by atoms with Crippen molar-refractivity contribution in [3.05, 3.63) is 63.7 Å². The van der Waals surface area contributed by atoms with Crippen LogP contribution in [-0.4, -0.2) is 31.0 Å². The molecule has 1 aliphatic rings. The summed E-state index contributed by atoms with van der Waals surface area (Å²) in [6.45, 7) is 0. The zero-order valence-corrected chi connectivity index (χ0v) is 17.1. The first-order chi connectivity index (χ1) is 14.5. The average molecular weight is 424 g/mol. The molecule has 10 heteroatoms. The molecule has 1 aliphatic carbocycles. The van der Waals surface area contributed by atoms with E-state index in [1.165, 1.54) is 65.9 Å². The van der Waals surface area contributed by atoms with Gasteiger partial charge in [0.15, 0.2) is 0 Å². The van der Waals surface area contributed by atoms with Crippen LogP contribution in [0, 0.1) is 10.1 Å². The van der Waals surface area contributed by atoms with E-state index in [1.54, 1.807) is 7.05 Å². The number of carbonyl (C=O) groups excluding carboxylic acids is 1. The molecule has 0 aliphatic heterocycles. The molecule has 4 rings (SSSR count). The number of nitrogens with zero attached hydrogens (tertiary/aromatic N) is 5. The van der Waals surface area contributed by atoms with E-state index in [9.17, 15) is 14.9 Å². The number of rotatable bonds is 6. The highest BCUT2D eigenvalue weighted by molar-refractivity contribution is 7.99. The molecule has 0 saturated heterocycles. The van der Waals surface area contributed by atoms with Gasteiger partial charge in [-0.2, -0.15) is 0 Å². The molecule has 0 radical (unpaired) electrons. The number of nitrogens with one attached hydrogen (secondary N) is 1. The summed E-state index contributed by atoms with van der Waals surface area (Å²) in [4.78, 5) is 24.2. The van der Waals surface area contributed by atoms with Crippen LogP contribution < -0.4 is 5.32 Å². The van der Waals surface area contributed by atoms with Crippen LogP contribution in [0.1, 0.15) is 47.5 Å². The predicted octanol–water partition coefficient (Wildman–Crippen LogP) is 4.18. The van der Waals surface area contributed by atoms with Gasteiger partial charge >= 0.3 is 0 Å². The number of nitro benzene ring substituents is 1. The van der Waals surface area contributed by atoms with Gasteiger partial charge in [0.05, 0.1) is 10.5 Å². The minimum Gasteiger partial charge on any atom is -0.322 e. The summed E-state index contributed by atoms with van der Waals surface area (Å²) in [6, 6.07) is 12.0. The Balaban J connectivity index is 1.57. The second kappa shape index (κ2) is 8.62. The van der Waals surface area contributed by atoms with E-state index >= 15 is 0 Å². The van der Waals surface area contributed by atoms with Gasteiger partial charge in [-0.15, -0.1) is 5.10 Å². The number of amides is 1. The van der Waals surface area contributed by atoms with E-state index in [0.29, 0.717) is 21.7 Å². The van der Waals surface area contributed by atoms with Gasteiger partial charge in [-0.25, -0.2) is 4.68 Å². The largest absolute Gasteiger partial charge is 0.322 e. The first-order valence-corrected chi connectivity index (χ1v) is 10.4. The molecule has 30 heavy (non-hydrogen) atoms. The first kappa shape index (κ1) is 20.0. The number of benzene rings is 2. The van der Waals surface area contributed by atoms with Crippen molar-refractivity contribution in [3.8, 4) is 0 Å². The van der Waals surface area contributed by atoms with E-state index in [4.69, 9.17) is 0 Å². The van der Waals surface area contributed by atoms with Gasteiger partial charge in [0.1, 0.15) is 0 Å². The predicted molar refractivity (Wildman–Crippen MR) is 112 cm³/mol. The summed E-state index contributed by atoms with van der Waals surface area (Å²) in [6.07, 6.45) is 4.93. The van der Waals surface area contributed by atoms with Crippen LogP contribution in [-0.2, 0) is 7.05 Å². The molecule has 2 aromatic carbocycles. The van der Waals surface area contributed by atoms with Crippen molar-refractivity contribution in [1.82, 2.24) is 20.2 Å². The van der Waals surface area contributed by atoms with E-state index in [2.05, 4.69) is 20.8 Å². The summed E-state index contributed by atoms with van der Waals surface area (Å²) in [7, 11) is 1.68. The standard InChI is InChI=1S/C20H20N6O3S/c1-25-20(22-23-24-25)30-18-11-10-16(26(28)29)12-17(18)19(27)21-15-8-6-14(7-9-15)13-4-2-3-5-13/h6-13H,2-5H2,1H3,(H,21,27). The lowest BCUT2D eigenvalue weighted by molar-refractivity contribution is -0.384. The lowest BCUT2D eigenvalue weighted by Gasteiger charge is -2.12. The molecule has 3 aromatic rings. The Morgan fingerprint density at radius 2 is 1.93 bits per heavy atom. The van der Waals surface area contributed by atoms with Gasteiger partial charge in [0.2, 0.25) is 5.16 Å². The summed E-state index contributed by atoms with van der Waals surface area (Å²) in [5.74, 6) is 0.166. The van der Waals surface area contributed by atoms with Gasteiger partial charge in [0, 0.05) is 29.8 Å². The van der Waals surface area contributed by atoms with Crippen molar-refractivity contribution in [2.24, 2.45) is 7.05 Å². The van der Waals surface area contributed by atoms with Crippen LogP contribution in [0.3, 0.4) is 0 Å². The summed E-state index contributed by atoms with van der Waals surface area (Å²) in [5.41, 5.74) is 1.96. The third kappa shape index (κ3) is 4.33. The SMILES string of the molecule is Cn1nnnc1Sc1ccc([N+](=O)[O-])cc1C(=O)Nc1ccc(C2CCCC2)cc1. The number of hydrogen-bond acceptors (Lipinski definition) is 7. The Kier molecular flexibility index (Phi) is 5.75. The fourth-order valence-corrected chi connectivity index (χ4v) is 4.44. The number of carbonyl (C=O) groups is 1. The Hall–Kier alpha value is -3.27. The van der Waals surface area contributed by atoms with E-state index in [0.717, 1.165) is 0 Å². The molecule has 0 bridgehead atoms. The van der Waals surface area contributed by atoms with Gasteiger partial charge < -0.3 is 5.32 Å². The van der Waals surface area contributed by atoms with Gasteiger partial charge in [-0.3, -0.25) is 14.9 Å². The number of nitro groups is 1. The molecular weight excluding hydrogens is 404 g/mol. The number of anilines is 1. The van der Waals surface area contributed by atoms with Crippen molar-refractivity contribution >= 4 is 29.0 Å². The maximum atomic E-state index is 13.0. The molecule has 1 aromatic heterocycles. The molecule has 1 amide bonds. The van der Waals surface area contributed by atoms with Crippen LogP contribution in [0.5, 0.6) is 0 Å². The molecule has 0 atom stereocenters.